The molecule has 0 radical (unpaired) electrons. The second-order valence-corrected chi connectivity index (χ2v) is 5.05. The molecule has 1 heterocycles. The second-order valence-electron chi connectivity index (χ2n) is 5.05. The van der Waals surface area contributed by atoms with Crippen LogP contribution in [0.25, 0.3) is 0 Å². The summed E-state index contributed by atoms with van der Waals surface area (Å²) in [6.45, 7) is 0.450. The largest absolute Gasteiger partial charge is 0.382 e. The molecule has 22 heavy (non-hydrogen) atoms. The van der Waals surface area contributed by atoms with Gasteiger partial charge in [-0.05, 0) is 23.3 Å². The van der Waals surface area contributed by atoms with E-state index in [0.717, 1.165) is 11.1 Å². The Balaban J connectivity index is 1.55. The van der Waals surface area contributed by atoms with Crippen molar-refractivity contribution < 1.29 is 14.0 Å². The molecule has 0 aromatic heterocycles. The summed E-state index contributed by atoms with van der Waals surface area (Å²) in [7, 11) is 0. The molecule has 5 heteroatoms. The molecule has 2 aromatic carbocycles. The first kappa shape index (κ1) is 14.3. The van der Waals surface area contributed by atoms with E-state index in [1.807, 2.05) is 30.3 Å². The molecule has 0 fully saturated rings. The molecule has 0 unspecified atom stereocenters. The zero-order valence-corrected chi connectivity index (χ0v) is 11.8. The van der Waals surface area contributed by atoms with Gasteiger partial charge >= 0.3 is 0 Å². The van der Waals surface area contributed by atoms with Gasteiger partial charge in [0.1, 0.15) is 5.82 Å². The Bertz CT molecular complexity index is 684. The van der Waals surface area contributed by atoms with Gasteiger partial charge in [0.2, 0.25) is 6.10 Å². The van der Waals surface area contributed by atoms with Gasteiger partial charge in [-0.1, -0.05) is 47.6 Å². The quantitative estimate of drug-likeness (QED) is 0.943. The fourth-order valence-corrected chi connectivity index (χ4v) is 2.23. The standard InChI is InChI=1S/C17H15FN2O2/c18-14-8-6-13(7-9-14)15-10-16(22-20-15)17(21)19-11-12-4-2-1-3-5-12/h1-9,16H,10-11H2,(H,19,21)/t16-/m1/s1. The van der Waals surface area contributed by atoms with Gasteiger partial charge in [-0.15, -0.1) is 0 Å². The van der Waals surface area contributed by atoms with Crippen LogP contribution in [0.2, 0.25) is 0 Å². The molecule has 4 nitrogen and oxygen atoms in total. The van der Waals surface area contributed by atoms with Crippen LogP contribution in [-0.4, -0.2) is 17.7 Å². The lowest BCUT2D eigenvalue weighted by atomic mass is 10.0. The van der Waals surface area contributed by atoms with Gasteiger partial charge in [-0.2, -0.15) is 0 Å². The first-order chi connectivity index (χ1) is 10.7. The van der Waals surface area contributed by atoms with Crippen molar-refractivity contribution in [3.8, 4) is 0 Å². The third kappa shape index (κ3) is 3.31. The van der Waals surface area contributed by atoms with E-state index in [2.05, 4.69) is 10.5 Å². The summed E-state index contributed by atoms with van der Waals surface area (Å²) >= 11 is 0. The van der Waals surface area contributed by atoms with E-state index in [4.69, 9.17) is 4.84 Å². The molecule has 1 atom stereocenters. The molecular weight excluding hydrogens is 283 g/mol. The van der Waals surface area contributed by atoms with Crippen LogP contribution in [0.1, 0.15) is 17.5 Å². The molecule has 0 saturated carbocycles. The Morgan fingerprint density at radius 1 is 1.18 bits per heavy atom. The van der Waals surface area contributed by atoms with E-state index in [0.29, 0.717) is 18.7 Å². The molecule has 0 aliphatic carbocycles. The third-order valence-corrected chi connectivity index (χ3v) is 3.45. The Kier molecular flexibility index (Phi) is 4.14. The van der Waals surface area contributed by atoms with Gasteiger partial charge in [0, 0.05) is 13.0 Å². The number of halogens is 1. The summed E-state index contributed by atoms with van der Waals surface area (Å²) in [6, 6.07) is 15.6. The van der Waals surface area contributed by atoms with Gasteiger partial charge in [0.05, 0.1) is 5.71 Å². The van der Waals surface area contributed by atoms with Gasteiger partial charge in [-0.25, -0.2) is 4.39 Å². The number of benzene rings is 2. The highest BCUT2D eigenvalue weighted by molar-refractivity contribution is 6.04. The number of nitrogens with zero attached hydrogens (tertiary/aromatic N) is 1. The Morgan fingerprint density at radius 3 is 2.64 bits per heavy atom. The first-order valence-electron chi connectivity index (χ1n) is 7.02. The van der Waals surface area contributed by atoms with Crippen LogP contribution >= 0.6 is 0 Å². The van der Waals surface area contributed by atoms with Gasteiger partial charge in [0.25, 0.3) is 5.91 Å². The number of carbonyl (C=O) groups is 1. The molecule has 1 amide bonds. The lowest BCUT2D eigenvalue weighted by molar-refractivity contribution is -0.131. The summed E-state index contributed by atoms with van der Waals surface area (Å²) in [4.78, 5) is 17.3. The number of oxime groups is 1. The van der Waals surface area contributed by atoms with Crippen LogP contribution in [0.3, 0.4) is 0 Å². The maximum Gasteiger partial charge on any atom is 0.264 e. The van der Waals surface area contributed by atoms with Crippen molar-refractivity contribution in [2.45, 2.75) is 19.1 Å². The third-order valence-electron chi connectivity index (χ3n) is 3.45. The molecule has 1 aliphatic rings. The number of amides is 1. The van der Waals surface area contributed by atoms with Crippen molar-refractivity contribution in [3.63, 3.8) is 0 Å². The van der Waals surface area contributed by atoms with Crippen molar-refractivity contribution >= 4 is 11.6 Å². The molecule has 1 N–H and O–H groups in total. The van der Waals surface area contributed by atoms with E-state index in [9.17, 15) is 9.18 Å². The Hall–Kier alpha value is -2.69. The normalized spacial score (nSPS) is 16.8. The maximum absolute atomic E-state index is 12.9. The van der Waals surface area contributed by atoms with Crippen molar-refractivity contribution in [1.29, 1.82) is 0 Å². The maximum atomic E-state index is 12.9. The lowest BCUT2D eigenvalue weighted by Gasteiger charge is -2.09. The number of hydrogen-bond donors (Lipinski definition) is 1. The highest BCUT2D eigenvalue weighted by Crippen LogP contribution is 2.17. The van der Waals surface area contributed by atoms with Gasteiger partial charge in [-0.3, -0.25) is 4.79 Å². The van der Waals surface area contributed by atoms with E-state index in [-0.39, 0.29) is 11.7 Å². The van der Waals surface area contributed by atoms with Crippen molar-refractivity contribution in [2.24, 2.45) is 5.16 Å². The molecule has 2 aromatic rings. The number of rotatable bonds is 4. The second kappa shape index (κ2) is 6.39. The SMILES string of the molecule is O=C(NCc1ccccc1)[C@H]1CC(c2ccc(F)cc2)=NO1. The van der Waals surface area contributed by atoms with E-state index in [1.165, 1.54) is 12.1 Å². The van der Waals surface area contributed by atoms with Crippen LogP contribution in [0.5, 0.6) is 0 Å². The summed E-state index contributed by atoms with van der Waals surface area (Å²) in [5, 5.41) is 6.75. The predicted molar refractivity (Wildman–Crippen MR) is 80.7 cm³/mol. The summed E-state index contributed by atoms with van der Waals surface area (Å²) < 4.78 is 12.9. The van der Waals surface area contributed by atoms with E-state index < -0.39 is 6.10 Å². The lowest BCUT2D eigenvalue weighted by Crippen LogP contribution is -2.34. The van der Waals surface area contributed by atoms with Crippen LogP contribution < -0.4 is 5.32 Å². The summed E-state index contributed by atoms with van der Waals surface area (Å²) in [5.74, 6) is -0.509. The molecular formula is C17H15FN2O2. The van der Waals surface area contributed by atoms with Gasteiger partial charge in [0.15, 0.2) is 0 Å². The predicted octanol–water partition coefficient (Wildman–Crippen LogP) is 2.64. The van der Waals surface area contributed by atoms with Crippen molar-refractivity contribution in [2.75, 3.05) is 0 Å². The number of carbonyl (C=O) groups excluding carboxylic acids is 1. The molecule has 0 saturated heterocycles. The van der Waals surface area contributed by atoms with Gasteiger partial charge < -0.3 is 10.2 Å². The van der Waals surface area contributed by atoms with Crippen molar-refractivity contribution in [3.05, 3.63) is 71.5 Å². The topological polar surface area (TPSA) is 50.7 Å². The van der Waals surface area contributed by atoms with E-state index >= 15 is 0 Å². The molecule has 0 spiro atoms. The zero-order valence-electron chi connectivity index (χ0n) is 11.8. The monoisotopic (exact) mass is 298 g/mol. The minimum atomic E-state index is -0.635. The highest BCUT2D eigenvalue weighted by atomic mass is 19.1. The molecule has 1 aliphatic heterocycles. The highest BCUT2D eigenvalue weighted by Gasteiger charge is 2.28. The fraction of sp³-hybridized carbons (Fsp3) is 0.176. The average molecular weight is 298 g/mol. The minimum absolute atomic E-state index is 0.204. The number of nitrogens with one attached hydrogen (secondary N) is 1. The molecule has 0 bridgehead atoms. The molecule has 112 valence electrons. The van der Waals surface area contributed by atoms with Crippen LogP contribution in [0, 0.1) is 5.82 Å². The zero-order chi connectivity index (χ0) is 15.4. The van der Waals surface area contributed by atoms with Crippen molar-refractivity contribution in [1.82, 2.24) is 5.32 Å². The van der Waals surface area contributed by atoms with E-state index in [1.54, 1.807) is 12.1 Å². The van der Waals surface area contributed by atoms with Crippen LogP contribution in [0.4, 0.5) is 4.39 Å². The Labute approximate surface area is 127 Å². The summed E-state index contributed by atoms with van der Waals surface area (Å²) in [5.41, 5.74) is 2.44. The summed E-state index contributed by atoms with van der Waals surface area (Å²) in [6.07, 6.45) is -0.254. The number of hydrogen-bond acceptors (Lipinski definition) is 3. The van der Waals surface area contributed by atoms with Crippen LogP contribution in [-0.2, 0) is 16.2 Å². The smallest absolute Gasteiger partial charge is 0.264 e. The molecule has 3 rings (SSSR count). The fourth-order valence-electron chi connectivity index (χ4n) is 2.23. The van der Waals surface area contributed by atoms with Crippen LogP contribution in [0.15, 0.2) is 59.8 Å². The Morgan fingerprint density at radius 2 is 1.91 bits per heavy atom. The minimum Gasteiger partial charge on any atom is -0.382 e. The average Bonchev–Trinajstić information content (AvgIpc) is 3.04. The first-order valence-corrected chi connectivity index (χ1v) is 7.02.